The van der Waals surface area contributed by atoms with E-state index in [0.717, 1.165) is 28.4 Å². The summed E-state index contributed by atoms with van der Waals surface area (Å²) in [6.45, 7) is 1.70. The van der Waals surface area contributed by atoms with Gasteiger partial charge < -0.3 is 9.64 Å². The molecule has 0 aliphatic heterocycles. The fraction of sp³-hybridized carbons (Fsp3) is 0.211. The number of nitrogens with zero attached hydrogens (tertiary/aromatic N) is 3. The standard InChI is InChI=1S/C19H16ClN3O5S3/c1-11-10-29-19(21-11)31-15-5-3-12(7-14(15)23(26)27)18(25)28-9-17(24)22(2)8-13-4-6-16(20)30-13/h3-7,10H,8-9H2,1-2H3. The van der Waals surface area contributed by atoms with E-state index in [1.54, 1.807) is 13.1 Å². The van der Waals surface area contributed by atoms with Crippen molar-refractivity contribution in [3.05, 3.63) is 66.3 Å². The molecule has 1 amide bonds. The fourth-order valence-corrected chi connectivity index (χ4v) is 5.45. The van der Waals surface area contributed by atoms with E-state index in [-0.39, 0.29) is 11.3 Å². The molecule has 2 aromatic heterocycles. The number of carbonyl (C=O) groups excluding carboxylic acids is 2. The van der Waals surface area contributed by atoms with Crippen molar-refractivity contribution in [2.75, 3.05) is 13.7 Å². The van der Waals surface area contributed by atoms with E-state index in [2.05, 4.69) is 4.98 Å². The monoisotopic (exact) mass is 497 g/mol. The molecule has 3 aromatic rings. The minimum Gasteiger partial charge on any atom is -0.452 e. The average molecular weight is 498 g/mol. The van der Waals surface area contributed by atoms with Crippen LogP contribution in [-0.2, 0) is 16.1 Å². The van der Waals surface area contributed by atoms with Crippen LogP contribution in [0.2, 0.25) is 4.34 Å². The number of likely N-dealkylation sites (N-methyl/N-ethyl adjacent to an activating group) is 1. The summed E-state index contributed by atoms with van der Waals surface area (Å²) in [6.07, 6.45) is 0. The van der Waals surface area contributed by atoms with Crippen molar-refractivity contribution < 1.29 is 19.2 Å². The molecule has 0 saturated heterocycles. The maximum Gasteiger partial charge on any atom is 0.338 e. The molecular weight excluding hydrogens is 482 g/mol. The van der Waals surface area contributed by atoms with Crippen molar-refractivity contribution in [3.8, 4) is 0 Å². The van der Waals surface area contributed by atoms with Gasteiger partial charge in [0.25, 0.3) is 11.6 Å². The second-order valence-corrected chi connectivity index (χ2v) is 10.3. The van der Waals surface area contributed by atoms with Crippen LogP contribution in [0.4, 0.5) is 5.69 Å². The largest absolute Gasteiger partial charge is 0.452 e. The number of thiazole rings is 1. The van der Waals surface area contributed by atoms with Gasteiger partial charge in [0.05, 0.1) is 26.3 Å². The Morgan fingerprint density at radius 1 is 1.32 bits per heavy atom. The number of aryl methyl sites for hydroxylation is 1. The Morgan fingerprint density at radius 2 is 2.10 bits per heavy atom. The number of rotatable bonds is 8. The molecule has 0 bridgehead atoms. The normalized spacial score (nSPS) is 10.7. The number of hydrogen-bond donors (Lipinski definition) is 0. The van der Waals surface area contributed by atoms with Crippen molar-refractivity contribution in [2.45, 2.75) is 22.7 Å². The second-order valence-electron chi connectivity index (χ2n) is 6.33. The zero-order chi connectivity index (χ0) is 22.5. The first kappa shape index (κ1) is 23.2. The lowest BCUT2D eigenvalue weighted by molar-refractivity contribution is -0.387. The number of ether oxygens (including phenoxy) is 1. The quantitative estimate of drug-likeness (QED) is 0.244. The summed E-state index contributed by atoms with van der Waals surface area (Å²) in [6, 6.07) is 7.61. The van der Waals surface area contributed by atoms with Gasteiger partial charge in [0.2, 0.25) is 0 Å². The molecule has 0 spiro atoms. The van der Waals surface area contributed by atoms with Gasteiger partial charge in [0.15, 0.2) is 10.9 Å². The van der Waals surface area contributed by atoms with Gasteiger partial charge in [0, 0.05) is 29.1 Å². The van der Waals surface area contributed by atoms with E-state index in [9.17, 15) is 19.7 Å². The van der Waals surface area contributed by atoms with E-state index in [4.69, 9.17) is 16.3 Å². The van der Waals surface area contributed by atoms with Gasteiger partial charge in [-0.2, -0.15) is 0 Å². The predicted octanol–water partition coefficient (Wildman–Crippen LogP) is 5.04. The molecule has 31 heavy (non-hydrogen) atoms. The summed E-state index contributed by atoms with van der Waals surface area (Å²) >= 11 is 9.77. The first-order valence-corrected chi connectivity index (χ1v) is 11.7. The lowest BCUT2D eigenvalue weighted by atomic mass is 10.2. The van der Waals surface area contributed by atoms with Gasteiger partial charge in [-0.3, -0.25) is 14.9 Å². The Bertz CT molecular complexity index is 1130. The molecule has 1 aromatic carbocycles. The predicted molar refractivity (Wildman–Crippen MR) is 120 cm³/mol. The minimum absolute atomic E-state index is 0.00754. The third-order valence-electron chi connectivity index (χ3n) is 3.96. The highest BCUT2D eigenvalue weighted by molar-refractivity contribution is 8.01. The Balaban J connectivity index is 1.63. The second kappa shape index (κ2) is 10.2. The van der Waals surface area contributed by atoms with Crippen LogP contribution >= 0.6 is 46.0 Å². The molecule has 12 heteroatoms. The summed E-state index contributed by atoms with van der Waals surface area (Å²) in [5.41, 5.74) is 0.587. The minimum atomic E-state index is -0.814. The van der Waals surface area contributed by atoms with Crippen LogP contribution in [-0.4, -0.2) is 40.3 Å². The van der Waals surface area contributed by atoms with Crippen LogP contribution in [0, 0.1) is 17.0 Å². The van der Waals surface area contributed by atoms with Crippen LogP contribution in [0.15, 0.2) is 44.9 Å². The van der Waals surface area contributed by atoms with Crippen LogP contribution in [0.5, 0.6) is 0 Å². The number of hydrogen-bond acceptors (Lipinski definition) is 9. The van der Waals surface area contributed by atoms with Crippen LogP contribution in [0.25, 0.3) is 0 Å². The smallest absolute Gasteiger partial charge is 0.338 e. The molecule has 8 nitrogen and oxygen atoms in total. The van der Waals surface area contributed by atoms with Crippen LogP contribution < -0.4 is 0 Å². The van der Waals surface area contributed by atoms with Crippen molar-refractivity contribution in [3.63, 3.8) is 0 Å². The molecule has 0 unspecified atom stereocenters. The van der Waals surface area contributed by atoms with Gasteiger partial charge in [-0.1, -0.05) is 23.4 Å². The third-order valence-corrected chi connectivity index (χ3v) is 7.30. The maximum atomic E-state index is 12.3. The van der Waals surface area contributed by atoms with E-state index >= 15 is 0 Å². The zero-order valence-corrected chi connectivity index (χ0v) is 19.6. The molecule has 0 atom stereocenters. The summed E-state index contributed by atoms with van der Waals surface area (Å²) in [7, 11) is 1.58. The van der Waals surface area contributed by atoms with Gasteiger partial charge in [-0.15, -0.1) is 22.7 Å². The summed E-state index contributed by atoms with van der Waals surface area (Å²) in [5.74, 6) is -1.22. The Kier molecular flexibility index (Phi) is 7.65. The molecule has 0 aliphatic rings. The molecule has 0 radical (unpaired) electrons. The van der Waals surface area contributed by atoms with Gasteiger partial charge in [-0.05, 0) is 31.2 Å². The number of aromatic nitrogens is 1. The van der Waals surface area contributed by atoms with E-state index < -0.39 is 23.4 Å². The highest BCUT2D eigenvalue weighted by Gasteiger charge is 2.21. The Labute approximate surface area is 195 Å². The molecule has 3 rings (SSSR count). The SMILES string of the molecule is Cc1csc(Sc2ccc(C(=O)OCC(=O)N(C)Cc3ccc(Cl)s3)cc2[N+](=O)[O-])n1. The van der Waals surface area contributed by atoms with Gasteiger partial charge >= 0.3 is 5.97 Å². The average Bonchev–Trinajstić information content (AvgIpc) is 3.33. The zero-order valence-electron chi connectivity index (χ0n) is 16.4. The number of halogens is 1. The van der Waals surface area contributed by atoms with Crippen LogP contribution in [0.3, 0.4) is 0 Å². The van der Waals surface area contributed by atoms with E-state index in [1.807, 2.05) is 18.4 Å². The van der Waals surface area contributed by atoms with Crippen molar-refractivity contribution >= 4 is 63.6 Å². The number of esters is 1. The van der Waals surface area contributed by atoms with Gasteiger partial charge in [0.1, 0.15) is 0 Å². The number of amides is 1. The molecule has 2 heterocycles. The Morgan fingerprint density at radius 3 is 2.71 bits per heavy atom. The first-order chi connectivity index (χ1) is 14.7. The number of nitro benzene ring substituents is 1. The molecular formula is C19H16ClN3O5S3. The fourth-order valence-electron chi connectivity index (χ4n) is 2.43. The third kappa shape index (κ3) is 6.26. The van der Waals surface area contributed by atoms with E-state index in [1.165, 1.54) is 39.7 Å². The highest BCUT2D eigenvalue weighted by Crippen LogP contribution is 2.36. The van der Waals surface area contributed by atoms with Crippen molar-refractivity contribution in [1.29, 1.82) is 0 Å². The molecule has 0 aliphatic carbocycles. The number of benzene rings is 1. The van der Waals surface area contributed by atoms with E-state index in [0.29, 0.717) is 20.1 Å². The topological polar surface area (TPSA) is 103 Å². The number of carbonyl (C=O) groups is 2. The summed E-state index contributed by atoms with van der Waals surface area (Å²) < 4.78 is 6.34. The first-order valence-electron chi connectivity index (χ1n) is 8.76. The molecule has 0 saturated carbocycles. The molecule has 0 fully saturated rings. The number of nitro groups is 1. The molecule has 162 valence electrons. The highest BCUT2D eigenvalue weighted by atomic mass is 35.5. The van der Waals surface area contributed by atoms with Crippen molar-refractivity contribution in [2.24, 2.45) is 0 Å². The van der Waals surface area contributed by atoms with Crippen molar-refractivity contribution in [1.82, 2.24) is 9.88 Å². The lowest BCUT2D eigenvalue weighted by Crippen LogP contribution is -2.30. The maximum absolute atomic E-state index is 12.3. The van der Waals surface area contributed by atoms with Gasteiger partial charge in [-0.25, -0.2) is 9.78 Å². The number of thiophene rings is 1. The summed E-state index contributed by atoms with van der Waals surface area (Å²) in [5, 5.41) is 13.3. The summed E-state index contributed by atoms with van der Waals surface area (Å²) in [4.78, 5) is 42.4. The Hall–Kier alpha value is -2.47. The van der Waals surface area contributed by atoms with Crippen LogP contribution in [0.1, 0.15) is 20.9 Å². The molecule has 0 N–H and O–H groups in total. The lowest BCUT2D eigenvalue weighted by Gasteiger charge is -2.16.